The molecule has 2 amide bonds. The summed E-state index contributed by atoms with van der Waals surface area (Å²) in [5, 5.41) is 9.92. The zero-order valence-electron chi connectivity index (χ0n) is 12.1. The minimum Gasteiger partial charge on any atom is -0.358 e. The van der Waals surface area contributed by atoms with E-state index in [1.54, 1.807) is 6.92 Å². The lowest BCUT2D eigenvalue weighted by atomic mass is 9.53. The Kier molecular flexibility index (Phi) is 3.07. The summed E-state index contributed by atoms with van der Waals surface area (Å²) in [6.45, 7) is 1.80. The molecule has 21 heavy (non-hydrogen) atoms. The molecule has 4 saturated carbocycles. The number of urea groups is 1. The van der Waals surface area contributed by atoms with Gasteiger partial charge < -0.3 is 9.84 Å². The van der Waals surface area contributed by atoms with E-state index in [0.717, 1.165) is 37.0 Å². The summed E-state index contributed by atoms with van der Waals surface area (Å²) < 4.78 is 5.76. The Bertz CT molecular complexity index is 548. The van der Waals surface area contributed by atoms with E-state index in [0.29, 0.717) is 16.1 Å². The van der Waals surface area contributed by atoms with E-state index in [-0.39, 0.29) is 11.6 Å². The maximum absolute atomic E-state index is 12.3. The second kappa shape index (κ2) is 4.73. The summed E-state index contributed by atoms with van der Waals surface area (Å²) in [7, 11) is 0. The molecule has 0 spiro atoms. The molecule has 4 aliphatic rings. The number of anilines is 1. The van der Waals surface area contributed by atoms with Gasteiger partial charge in [0.05, 0.1) is 0 Å². The Morgan fingerprint density at radius 2 is 1.81 bits per heavy atom. The van der Waals surface area contributed by atoms with Crippen LogP contribution in [0.5, 0.6) is 0 Å². The van der Waals surface area contributed by atoms with Crippen LogP contribution in [0.4, 0.5) is 10.6 Å². The highest BCUT2D eigenvalue weighted by Gasteiger charge is 2.51. The molecule has 0 aliphatic heterocycles. The number of hydrogen-bond donors (Lipinski definition) is 2. The van der Waals surface area contributed by atoms with E-state index in [9.17, 15) is 4.79 Å². The third-order valence-electron chi connectivity index (χ3n) is 5.44. The lowest BCUT2D eigenvalue weighted by Crippen LogP contribution is -2.60. The Morgan fingerprint density at radius 1 is 1.24 bits per heavy atom. The summed E-state index contributed by atoms with van der Waals surface area (Å²) in [6, 6.07) is -0.161. The fraction of sp³-hybridized carbons (Fsp3) is 0.733. The van der Waals surface area contributed by atoms with Crippen molar-refractivity contribution in [3.05, 3.63) is 10.2 Å². The third kappa shape index (κ3) is 2.37. The maximum atomic E-state index is 12.3. The molecule has 1 heterocycles. The molecule has 0 unspecified atom stereocenters. The smallest absolute Gasteiger partial charge is 0.320 e. The van der Waals surface area contributed by atoms with Gasteiger partial charge in [0.15, 0.2) is 5.82 Å². The highest BCUT2D eigenvalue weighted by molar-refractivity contribution is 9.10. The number of hydrogen-bond acceptors (Lipinski definition) is 3. The number of rotatable bonds is 2. The molecular formula is C15H20BrN3O2. The molecule has 0 atom stereocenters. The number of nitrogens with one attached hydrogen (secondary N) is 2. The molecular weight excluding hydrogens is 334 g/mol. The first-order chi connectivity index (χ1) is 10.0. The first-order valence-electron chi connectivity index (χ1n) is 7.74. The summed E-state index contributed by atoms with van der Waals surface area (Å²) >= 11 is 3.37. The van der Waals surface area contributed by atoms with E-state index in [1.807, 2.05) is 0 Å². The minimum atomic E-state index is -0.161. The lowest BCUT2D eigenvalue weighted by Gasteiger charge is -2.56. The van der Waals surface area contributed by atoms with Crippen LogP contribution >= 0.6 is 15.9 Å². The fourth-order valence-electron chi connectivity index (χ4n) is 5.08. The number of halogens is 1. The van der Waals surface area contributed by atoms with Crippen LogP contribution in [-0.2, 0) is 0 Å². The molecule has 6 heteroatoms. The maximum Gasteiger partial charge on any atom is 0.320 e. The van der Waals surface area contributed by atoms with Crippen molar-refractivity contribution in [2.24, 2.45) is 17.8 Å². The molecule has 4 aliphatic carbocycles. The fourth-order valence-corrected chi connectivity index (χ4v) is 5.33. The van der Waals surface area contributed by atoms with Gasteiger partial charge in [0.25, 0.3) is 0 Å². The van der Waals surface area contributed by atoms with Crippen LogP contribution < -0.4 is 10.6 Å². The van der Waals surface area contributed by atoms with Crippen LogP contribution in [0.1, 0.15) is 44.3 Å². The first-order valence-corrected chi connectivity index (χ1v) is 8.53. The normalized spacial score (nSPS) is 36.8. The average Bonchev–Trinajstić information content (AvgIpc) is 2.68. The first kappa shape index (κ1) is 13.6. The lowest BCUT2D eigenvalue weighted by molar-refractivity contribution is -0.0127. The van der Waals surface area contributed by atoms with E-state index in [4.69, 9.17) is 4.52 Å². The van der Waals surface area contributed by atoms with E-state index < -0.39 is 0 Å². The number of aromatic nitrogens is 1. The van der Waals surface area contributed by atoms with Gasteiger partial charge in [-0.1, -0.05) is 5.16 Å². The predicted molar refractivity (Wildman–Crippen MR) is 82.0 cm³/mol. The Labute approximate surface area is 132 Å². The summed E-state index contributed by atoms with van der Waals surface area (Å²) in [5.41, 5.74) is 0.0179. The Balaban J connectivity index is 1.46. The van der Waals surface area contributed by atoms with Gasteiger partial charge in [-0.05, 0) is 79.1 Å². The molecule has 1 aromatic heterocycles. The van der Waals surface area contributed by atoms with Crippen LogP contribution in [0.15, 0.2) is 9.00 Å². The van der Waals surface area contributed by atoms with Crippen molar-refractivity contribution in [1.29, 1.82) is 0 Å². The van der Waals surface area contributed by atoms with Gasteiger partial charge >= 0.3 is 6.03 Å². The number of aryl methyl sites for hydroxylation is 1. The Morgan fingerprint density at radius 3 is 2.29 bits per heavy atom. The van der Waals surface area contributed by atoms with Crippen LogP contribution in [0.25, 0.3) is 0 Å². The molecule has 114 valence electrons. The second-order valence-electron chi connectivity index (χ2n) is 7.18. The number of carbonyl (C=O) groups excluding carboxylic acids is 1. The molecule has 0 saturated heterocycles. The highest BCUT2D eigenvalue weighted by atomic mass is 79.9. The monoisotopic (exact) mass is 353 g/mol. The largest absolute Gasteiger partial charge is 0.358 e. The van der Waals surface area contributed by atoms with Crippen LogP contribution in [0.2, 0.25) is 0 Å². The van der Waals surface area contributed by atoms with E-state index in [2.05, 4.69) is 31.7 Å². The zero-order chi connectivity index (χ0) is 14.6. The molecule has 5 nitrogen and oxygen atoms in total. The van der Waals surface area contributed by atoms with Crippen LogP contribution in [-0.4, -0.2) is 16.7 Å². The molecule has 4 bridgehead atoms. The molecule has 4 fully saturated rings. The van der Waals surface area contributed by atoms with Gasteiger partial charge in [-0.15, -0.1) is 0 Å². The molecule has 5 rings (SSSR count). The average molecular weight is 354 g/mol. The van der Waals surface area contributed by atoms with Crippen molar-refractivity contribution in [1.82, 2.24) is 10.5 Å². The minimum absolute atomic E-state index is 0.0179. The number of nitrogens with zero attached hydrogens (tertiary/aromatic N) is 1. The topological polar surface area (TPSA) is 67.2 Å². The zero-order valence-corrected chi connectivity index (χ0v) is 13.7. The second-order valence-corrected chi connectivity index (χ2v) is 7.97. The highest BCUT2D eigenvalue weighted by Crippen LogP contribution is 2.55. The molecule has 1 aromatic rings. The van der Waals surface area contributed by atoms with Crippen molar-refractivity contribution in [3.8, 4) is 0 Å². The summed E-state index contributed by atoms with van der Waals surface area (Å²) in [6.07, 6.45) is 7.55. The van der Waals surface area contributed by atoms with Gasteiger partial charge in [0.1, 0.15) is 10.2 Å². The predicted octanol–water partition coefficient (Wildman–Crippen LogP) is 3.84. The third-order valence-corrected chi connectivity index (χ3v) is 6.37. The summed E-state index contributed by atoms with van der Waals surface area (Å²) in [4.78, 5) is 12.3. The van der Waals surface area contributed by atoms with Gasteiger partial charge in [0, 0.05) is 5.54 Å². The van der Waals surface area contributed by atoms with Crippen molar-refractivity contribution in [2.75, 3.05) is 5.32 Å². The number of carbonyl (C=O) groups is 1. The van der Waals surface area contributed by atoms with E-state index >= 15 is 0 Å². The quantitative estimate of drug-likeness (QED) is 0.848. The number of amides is 2. The van der Waals surface area contributed by atoms with E-state index in [1.165, 1.54) is 19.3 Å². The molecule has 0 radical (unpaired) electrons. The van der Waals surface area contributed by atoms with Crippen molar-refractivity contribution in [3.63, 3.8) is 0 Å². The molecule has 2 N–H and O–H groups in total. The van der Waals surface area contributed by atoms with Crippen LogP contribution in [0, 0.1) is 24.7 Å². The van der Waals surface area contributed by atoms with Gasteiger partial charge in [-0.2, -0.15) is 0 Å². The van der Waals surface area contributed by atoms with Crippen molar-refractivity contribution < 1.29 is 9.32 Å². The van der Waals surface area contributed by atoms with Gasteiger partial charge in [-0.3, -0.25) is 5.32 Å². The van der Waals surface area contributed by atoms with Crippen LogP contribution in [0.3, 0.4) is 0 Å². The molecule has 0 aromatic carbocycles. The van der Waals surface area contributed by atoms with Crippen molar-refractivity contribution >= 4 is 27.8 Å². The SMILES string of the molecule is Cc1onc(NC(=O)NC23CC4CC(CC(C4)C2)C3)c1Br. The van der Waals surface area contributed by atoms with Gasteiger partial charge in [-0.25, -0.2) is 4.79 Å². The van der Waals surface area contributed by atoms with Gasteiger partial charge in [0.2, 0.25) is 0 Å². The Hall–Kier alpha value is -1.04. The van der Waals surface area contributed by atoms with Crippen molar-refractivity contribution in [2.45, 2.75) is 51.0 Å². The summed E-state index contributed by atoms with van der Waals surface area (Å²) in [5.74, 6) is 3.57. The standard InChI is InChI=1S/C15H20BrN3O2/c1-8-12(16)13(19-21-8)17-14(20)18-15-5-9-2-10(6-15)4-11(3-9)7-15/h9-11H,2-7H2,1H3,(H2,17,18,19,20).